The molecule has 1 heterocycles. The van der Waals surface area contributed by atoms with Crippen molar-refractivity contribution in [2.75, 3.05) is 6.54 Å². The summed E-state index contributed by atoms with van der Waals surface area (Å²) in [5, 5.41) is 5.26. The minimum absolute atomic E-state index is 0.0130. The van der Waals surface area contributed by atoms with Crippen LogP contribution in [0.1, 0.15) is 45.1 Å². The molecule has 1 aromatic rings. The molecule has 0 unspecified atom stereocenters. The van der Waals surface area contributed by atoms with Gasteiger partial charge in [0.2, 0.25) is 5.91 Å². The second-order valence-electron chi connectivity index (χ2n) is 7.51. The molecule has 1 saturated carbocycles. The van der Waals surface area contributed by atoms with Gasteiger partial charge in [0.15, 0.2) is 0 Å². The standard InChI is InChI=1S/C19H23F2N3O3/c1-11-5-3-4-6-15(11)22-16(25)10-24-17(26)19(2,23-18(24)27)13-9-12(20)7-8-14(13)21/h7-9,11,15H,3-6,10H2,1-2H3,(H,22,25)(H,23,27)/t11-,15-,19-/m1/s1. The molecular formula is C19H23F2N3O3. The molecule has 2 fully saturated rings. The highest BCUT2D eigenvalue weighted by molar-refractivity contribution is 6.09. The summed E-state index contributed by atoms with van der Waals surface area (Å²) < 4.78 is 27.7. The Morgan fingerprint density at radius 1 is 1.30 bits per heavy atom. The number of nitrogens with one attached hydrogen (secondary N) is 2. The van der Waals surface area contributed by atoms with Crippen LogP contribution in [0, 0.1) is 17.6 Å². The third kappa shape index (κ3) is 3.65. The van der Waals surface area contributed by atoms with E-state index >= 15 is 0 Å². The maximum Gasteiger partial charge on any atom is 0.325 e. The Balaban J connectivity index is 1.74. The van der Waals surface area contributed by atoms with E-state index in [0.29, 0.717) is 5.92 Å². The van der Waals surface area contributed by atoms with E-state index in [0.717, 1.165) is 48.8 Å². The van der Waals surface area contributed by atoms with E-state index in [4.69, 9.17) is 0 Å². The average molecular weight is 379 g/mol. The summed E-state index contributed by atoms with van der Waals surface area (Å²) in [7, 11) is 0. The summed E-state index contributed by atoms with van der Waals surface area (Å²) >= 11 is 0. The van der Waals surface area contributed by atoms with Gasteiger partial charge in [-0.2, -0.15) is 0 Å². The monoisotopic (exact) mass is 379 g/mol. The number of amides is 4. The number of hydrogen-bond donors (Lipinski definition) is 2. The topological polar surface area (TPSA) is 78.5 Å². The van der Waals surface area contributed by atoms with E-state index in [-0.39, 0.29) is 11.6 Å². The Morgan fingerprint density at radius 2 is 2.00 bits per heavy atom. The van der Waals surface area contributed by atoms with Crippen LogP contribution < -0.4 is 10.6 Å². The molecule has 1 aromatic carbocycles. The second-order valence-corrected chi connectivity index (χ2v) is 7.51. The van der Waals surface area contributed by atoms with Crippen molar-refractivity contribution in [3.8, 4) is 0 Å². The Hall–Kier alpha value is -2.51. The van der Waals surface area contributed by atoms with Crippen LogP contribution in [0.25, 0.3) is 0 Å². The normalized spacial score (nSPS) is 28.2. The van der Waals surface area contributed by atoms with Crippen LogP contribution in [0.2, 0.25) is 0 Å². The van der Waals surface area contributed by atoms with Gasteiger partial charge < -0.3 is 10.6 Å². The van der Waals surface area contributed by atoms with Gasteiger partial charge in [-0.15, -0.1) is 0 Å². The van der Waals surface area contributed by atoms with Gasteiger partial charge in [0.05, 0.1) is 0 Å². The van der Waals surface area contributed by atoms with Crippen LogP contribution in [-0.4, -0.2) is 35.3 Å². The molecule has 4 amide bonds. The lowest BCUT2D eigenvalue weighted by molar-refractivity contribution is -0.135. The van der Waals surface area contributed by atoms with E-state index in [1.54, 1.807) is 0 Å². The van der Waals surface area contributed by atoms with Crippen molar-refractivity contribution in [3.05, 3.63) is 35.4 Å². The quantitative estimate of drug-likeness (QED) is 0.789. The maximum absolute atomic E-state index is 14.1. The average Bonchev–Trinajstić information content (AvgIpc) is 2.83. The molecule has 3 atom stereocenters. The fraction of sp³-hybridized carbons (Fsp3) is 0.526. The van der Waals surface area contributed by atoms with Crippen LogP contribution >= 0.6 is 0 Å². The molecule has 0 spiro atoms. The number of rotatable bonds is 4. The first kappa shape index (κ1) is 19.3. The first-order valence-corrected chi connectivity index (χ1v) is 9.11. The lowest BCUT2D eigenvalue weighted by Gasteiger charge is -2.30. The van der Waals surface area contributed by atoms with Gasteiger partial charge in [-0.1, -0.05) is 19.8 Å². The van der Waals surface area contributed by atoms with E-state index in [1.807, 2.05) is 0 Å². The van der Waals surface area contributed by atoms with Gasteiger partial charge in [0.1, 0.15) is 23.7 Å². The molecular weight excluding hydrogens is 356 g/mol. The van der Waals surface area contributed by atoms with Gasteiger partial charge in [-0.25, -0.2) is 13.6 Å². The number of carbonyl (C=O) groups is 3. The second kappa shape index (κ2) is 7.25. The van der Waals surface area contributed by atoms with Crippen molar-refractivity contribution < 1.29 is 23.2 Å². The first-order chi connectivity index (χ1) is 12.7. The summed E-state index contributed by atoms with van der Waals surface area (Å²) in [4.78, 5) is 38.1. The molecule has 1 saturated heterocycles. The number of hydrogen-bond acceptors (Lipinski definition) is 3. The Labute approximate surface area is 156 Å². The SMILES string of the molecule is C[C@@H]1CCCC[C@H]1NC(=O)CN1C(=O)N[C@](C)(c2cc(F)ccc2F)C1=O. The van der Waals surface area contributed by atoms with Crippen molar-refractivity contribution >= 4 is 17.8 Å². The molecule has 2 aliphatic rings. The first-order valence-electron chi connectivity index (χ1n) is 9.11. The van der Waals surface area contributed by atoms with Gasteiger partial charge in [-0.3, -0.25) is 14.5 Å². The minimum Gasteiger partial charge on any atom is -0.352 e. The summed E-state index contributed by atoms with van der Waals surface area (Å²) in [5.41, 5.74) is -2.04. The third-order valence-electron chi connectivity index (χ3n) is 5.50. The van der Waals surface area contributed by atoms with Crippen molar-refractivity contribution in [1.82, 2.24) is 15.5 Å². The van der Waals surface area contributed by atoms with Crippen molar-refractivity contribution in [1.29, 1.82) is 0 Å². The predicted molar refractivity (Wildman–Crippen MR) is 93.5 cm³/mol. The smallest absolute Gasteiger partial charge is 0.325 e. The van der Waals surface area contributed by atoms with Gasteiger partial charge in [0, 0.05) is 11.6 Å². The van der Waals surface area contributed by atoms with Gasteiger partial charge in [0.25, 0.3) is 5.91 Å². The summed E-state index contributed by atoms with van der Waals surface area (Å²) in [6.07, 6.45) is 4.03. The fourth-order valence-corrected chi connectivity index (χ4v) is 3.83. The highest BCUT2D eigenvalue weighted by atomic mass is 19.1. The molecule has 0 bridgehead atoms. The van der Waals surface area contributed by atoms with Crippen LogP contribution in [0.15, 0.2) is 18.2 Å². The van der Waals surface area contributed by atoms with E-state index in [1.165, 1.54) is 6.92 Å². The molecule has 146 valence electrons. The number of urea groups is 1. The molecule has 6 nitrogen and oxygen atoms in total. The fourth-order valence-electron chi connectivity index (χ4n) is 3.83. The molecule has 0 radical (unpaired) electrons. The molecule has 3 rings (SSSR count). The Bertz CT molecular complexity index is 785. The molecule has 27 heavy (non-hydrogen) atoms. The molecule has 0 aromatic heterocycles. The van der Waals surface area contributed by atoms with E-state index in [2.05, 4.69) is 17.6 Å². The summed E-state index contributed by atoms with van der Waals surface area (Å²) in [6.45, 7) is 2.90. The lowest BCUT2D eigenvalue weighted by atomic mass is 9.86. The number of imide groups is 1. The van der Waals surface area contributed by atoms with E-state index < -0.39 is 41.6 Å². The van der Waals surface area contributed by atoms with Crippen LogP contribution in [0.5, 0.6) is 0 Å². The maximum atomic E-state index is 14.1. The number of nitrogens with zero attached hydrogens (tertiary/aromatic N) is 1. The minimum atomic E-state index is -1.76. The van der Waals surface area contributed by atoms with E-state index in [9.17, 15) is 23.2 Å². The predicted octanol–water partition coefficient (Wildman–Crippen LogP) is 2.43. The zero-order valence-corrected chi connectivity index (χ0v) is 15.4. The molecule has 8 heteroatoms. The molecule has 1 aliphatic heterocycles. The summed E-state index contributed by atoms with van der Waals surface area (Å²) in [5.74, 6) is -2.44. The largest absolute Gasteiger partial charge is 0.352 e. The van der Waals surface area contributed by atoms with Crippen LogP contribution in [-0.2, 0) is 15.1 Å². The number of halogens is 2. The molecule has 1 aliphatic carbocycles. The van der Waals surface area contributed by atoms with Crippen molar-refractivity contribution in [2.45, 2.75) is 51.1 Å². The van der Waals surface area contributed by atoms with Crippen LogP contribution in [0.3, 0.4) is 0 Å². The zero-order chi connectivity index (χ0) is 19.8. The van der Waals surface area contributed by atoms with Crippen molar-refractivity contribution in [2.24, 2.45) is 5.92 Å². The van der Waals surface area contributed by atoms with Gasteiger partial charge >= 0.3 is 6.03 Å². The highest BCUT2D eigenvalue weighted by Crippen LogP contribution is 2.31. The summed E-state index contributed by atoms with van der Waals surface area (Å²) in [6, 6.07) is 1.91. The van der Waals surface area contributed by atoms with Crippen LogP contribution in [0.4, 0.5) is 13.6 Å². The highest BCUT2D eigenvalue weighted by Gasteiger charge is 2.51. The Kier molecular flexibility index (Phi) is 5.17. The van der Waals surface area contributed by atoms with Gasteiger partial charge in [-0.05, 0) is 43.9 Å². The number of benzene rings is 1. The number of carbonyl (C=O) groups excluding carboxylic acids is 3. The zero-order valence-electron chi connectivity index (χ0n) is 15.4. The third-order valence-corrected chi connectivity index (χ3v) is 5.50. The lowest BCUT2D eigenvalue weighted by Crippen LogP contribution is -2.47. The van der Waals surface area contributed by atoms with Crippen molar-refractivity contribution in [3.63, 3.8) is 0 Å². The molecule has 2 N–H and O–H groups in total. The Morgan fingerprint density at radius 3 is 2.70 bits per heavy atom.